The van der Waals surface area contributed by atoms with Gasteiger partial charge >= 0.3 is 19.8 Å². The number of furan rings is 1. The lowest BCUT2D eigenvalue weighted by Crippen LogP contribution is -2.37. The predicted octanol–water partition coefficient (Wildman–Crippen LogP) is 9.60. The SMILES string of the molecule is CCCCC[C@H](O)/C=C/[C@H]1C(=O)C[C@H](O)[C@@H]1CCCCCCC(=O)OC[C@H](COP(=O)(O)OCC[N+](C)(C)C)OC(=O)CCCCCCCCCCc1oc(CCC)c(C)c1C. The topological polar surface area (TPSA) is 179 Å². The number of likely N-dealkylation sites (N-methyl/N-ethyl adjacent to an activating group) is 1. The van der Waals surface area contributed by atoms with Crippen molar-refractivity contribution in [3.63, 3.8) is 0 Å². The maximum atomic E-state index is 12.8. The van der Waals surface area contributed by atoms with Gasteiger partial charge in [-0.2, -0.15) is 0 Å². The van der Waals surface area contributed by atoms with Crippen LogP contribution < -0.4 is 0 Å². The summed E-state index contributed by atoms with van der Waals surface area (Å²) in [6.45, 7) is 8.26. The molecule has 13 nitrogen and oxygen atoms in total. The van der Waals surface area contributed by atoms with E-state index in [1.165, 1.54) is 11.1 Å². The van der Waals surface area contributed by atoms with Crippen LogP contribution in [-0.4, -0.2) is 103 Å². The number of aliphatic hydroxyl groups is 2. The van der Waals surface area contributed by atoms with Crippen LogP contribution in [0.5, 0.6) is 0 Å². The molecule has 1 fully saturated rings. The van der Waals surface area contributed by atoms with E-state index in [1.807, 2.05) is 21.1 Å². The highest BCUT2D eigenvalue weighted by atomic mass is 31.2. The highest BCUT2D eigenvalue weighted by molar-refractivity contribution is 7.47. The van der Waals surface area contributed by atoms with Gasteiger partial charge in [0.15, 0.2) is 6.10 Å². The van der Waals surface area contributed by atoms with Gasteiger partial charge in [-0.1, -0.05) is 103 Å². The lowest BCUT2D eigenvalue weighted by Gasteiger charge is -2.24. The largest absolute Gasteiger partial charge is 0.472 e. The maximum Gasteiger partial charge on any atom is 0.472 e. The summed E-state index contributed by atoms with van der Waals surface area (Å²) in [6.07, 6.45) is 20.1. The average molecular weight is 899 g/mol. The molecule has 14 heteroatoms. The lowest BCUT2D eigenvalue weighted by atomic mass is 9.88. The van der Waals surface area contributed by atoms with Crippen LogP contribution in [0.15, 0.2) is 16.6 Å². The van der Waals surface area contributed by atoms with E-state index >= 15 is 0 Å². The lowest BCUT2D eigenvalue weighted by molar-refractivity contribution is -0.870. The summed E-state index contributed by atoms with van der Waals surface area (Å²) in [5.74, 6) is 0.723. The molecular formula is C48H85NO12P+. The second kappa shape index (κ2) is 30.7. The van der Waals surface area contributed by atoms with E-state index in [9.17, 15) is 34.1 Å². The number of ether oxygens (including phenoxy) is 2. The number of Topliss-reactive ketones (excluding diaryl/α,β-unsaturated/α-hetero) is 1. The molecule has 1 saturated carbocycles. The van der Waals surface area contributed by atoms with Crippen molar-refractivity contribution in [1.29, 1.82) is 0 Å². The van der Waals surface area contributed by atoms with E-state index in [0.717, 1.165) is 114 Å². The molecule has 1 aliphatic rings. The van der Waals surface area contributed by atoms with Crippen molar-refractivity contribution >= 4 is 25.5 Å². The Morgan fingerprint density at radius 3 is 2.03 bits per heavy atom. The molecule has 0 amide bonds. The standard InChI is InChI=1S/C48H84NO12P/c1-8-10-19-25-39(50)30-31-42-41(43(51)34-44(42)52)26-20-17-18-22-28-47(53)57-35-40(36-59-62(55,56)58-33-32-49(5,6)7)60-48(54)29-23-16-14-12-11-13-15-21-27-46-38(4)37(3)45(61-46)24-9-2/h30-31,39-43,50-51H,8-29,32-36H2,1-7H3/p+1/b31-30+/t39-,40+,41+,42+,43-/m0/s1. The highest BCUT2D eigenvalue weighted by Crippen LogP contribution is 2.43. The van der Waals surface area contributed by atoms with E-state index in [-0.39, 0.29) is 44.2 Å². The Hall–Kier alpha value is -2.38. The van der Waals surface area contributed by atoms with E-state index in [1.54, 1.807) is 12.2 Å². The van der Waals surface area contributed by atoms with Crippen molar-refractivity contribution in [1.82, 2.24) is 0 Å². The van der Waals surface area contributed by atoms with Crippen molar-refractivity contribution in [3.05, 3.63) is 34.8 Å². The quantitative estimate of drug-likeness (QED) is 0.0191. The molecule has 1 aromatic heterocycles. The summed E-state index contributed by atoms with van der Waals surface area (Å²) in [4.78, 5) is 48.3. The molecule has 1 aliphatic carbocycles. The molecule has 0 spiro atoms. The number of hydrogen-bond acceptors (Lipinski definition) is 11. The van der Waals surface area contributed by atoms with Crippen LogP contribution in [0.25, 0.3) is 0 Å². The zero-order valence-electron chi connectivity index (χ0n) is 39.5. The molecule has 1 unspecified atom stereocenters. The van der Waals surface area contributed by atoms with Gasteiger partial charge in [-0.3, -0.25) is 23.4 Å². The number of carbonyl (C=O) groups is 3. The van der Waals surface area contributed by atoms with Crippen molar-refractivity contribution in [2.45, 2.75) is 194 Å². The average Bonchev–Trinajstić information content (AvgIpc) is 3.63. The summed E-state index contributed by atoms with van der Waals surface area (Å²) in [5.41, 5.74) is 2.60. The predicted molar refractivity (Wildman–Crippen MR) is 243 cm³/mol. The summed E-state index contributed by atoms with van der Waals surface area (Å²) in [7, 11) is 1.33. The third-order valence-corrected chi connectivity index (χ3v) is 12.9. The Balaban J connectivity index is 1.72. The second-order valence-electron chi connectivity index (χ2n) is 18.5. The molecule has 0 bridgehead atoms. The second-order valence-corrected chi connectivity index (χ2v) is 20.0. The minimum Gasteiger partial charge on any atom is -0.466 e. The van der Waals surface area contributed by atoms with Gasteiger partial charge in [-0.25, -0.2) is 4.57 Å². The molecule has 0 saturated heterocycles. The monoisotopic (exact) mass is 899 g/mol. The molecule has 6 atom stereocenters. The summed E-state index contributed by atoms with van der Waals surface area (Å²) in [5, 5.41) is 20.8. The van der Waals surface area contributed by atoms with Crippen LogP contribution in [0.2, 0.25) is 0 Å². The Labute approximate surface area is 373 Å². The first-order valence-corrected chi connectivity index (χ1v) is 25.4. The number of hydrogen-bond donors (Lipinski definition) is 3. The number of allylic oxidation sites excluding steroid dienone is 1. The number of rotatable bonds is 36. The number of unbranched alkanes of at least 4 members (excludes halogenated alkanes) is 12. The molecule has 1 aromatic rings. The summed E-state index contributed by atoms with van der Waals surface area (Å²) in [6, 6.07) is 0. The van der Waals surface area contributed by atoms with Crippen LogP contribution in [0.3, 0.4) is 0 Å². The van der Waals surface area contributed by atoms with Crippen molar-refractivity contribution < 1.29 is 61.5 Å². The molecule has 1 heterocycles. The third kappa shape index (κ3) is 24.1. The first-order chi connectivity index (χ1) is 29.5. The molecular weight excluding hydrogens is 813 g/mol. The van der Waals surface area contributed by atoms with Gasteiger partial charge in [0.25, 0.3) is 0 Å². The van der Waals surface area contributed by atoms with E-state index in [4.69, 9.17) is 22.9 Å². The molecule has 3 N–H and O–H groups in total. The Morgan fingerprint density at radius 2 is 1.40 bits per heavy atom. The molecule has 2 rings (SSSR count). The van der Waals surface area contributed by atoms with E-state index < -0.39 is 50.6 Å². The van der Waals surface area contributed by atoms with Gasteiger partial charge in [-0.05, 0) is 69.4 Å². The normalized spacial score (nSPS) is 18.9. The number of quaternary nitrogens is 1. The van der Waals surface area contributed by atoms with Crippen molar-refractivity contribution in [2.24, 2.45) is 11.8 Å². The minimum absolute atomic E-state index is 0.00583. The minimum atomic E-state index is -4.45. The first kappa shape index (κ1) is 55.8. The van der Waals surface area contributed by atoms with Gasteiger partial charge in [0.05, 0.1) is 40.0 Å². The van der Waals surface area contributed by atoms with E-state index in [0.29, 0.717) is 36.7 Å². The van der Waals surface area contributed by atoms with Gasteiger partial charge in [0.1, 0.15) is 37.1 Å². The summed E-state index contributed by atoms with van der Waals surface area (Å²) < 4.78 is 40.5. The van der Waals surface area contributed by atoms with Gasteiger partial charge < -0.3 is 33.5 Å². The molecule has 0 radical (unpaired) electrons. The number of phosphoric acid groups is 1. The fraction of sp³-hybridized carbons (Fsp3) is 0.812. The van der Waals surface area contributed by atoms with Crippen LogP contribution in [-0.2, 0) is 50.3 Å². The number of esters is 2. The van der Waals surface area contributed by atoms with Crippen molar-refractivity contribution in [3.8, 4) is 0 Å². The maximum absolute atomic E-state index is 12.8. The fourth-order valence-electron chi connectivity index (χ4n) is 7.85. The number of aliphatic hydroxyl groups excluding tert-OH is 2. The number of nitrogens with zero attached hydrogens (tertiary/aromatic N) is 1. The number of carbonyl (C=O) groups excluding carboxylic acids is 3. The highest BCUT2D eigenvalue weighted by Gasteiger charge is 2.39. The first-order valence-electron chi connectivity index (χ1n) is 23.9. The number of phosphoric ester groups is 1. The Kier molecular flexibility index (Phi) is 27.6. The van der Waals surface area contributed by atoms with Crippen LogP contribution >= 0.6 is 7.82 Å². The Morgan fingerprint density at radius 1 is 0.806 bits per heavy atom. The zero-order valence-corrected chi connectivity index (χ0v) is 40.4. The number of ketones is 1. The Bertz CT molecular complexity index is 1500. The molecule has 0 aliphatic heterocycles. The van der Waals surface area contributed by atoms with Crippen LogP contribution in [0, 0.1) is 25.7 Å². The van der Waals surface area contributed by atoms with Crippen LogP contribution in [0.4, 0.5) is 0 Å². The molecule has 62 heavy (non-hydrogen) atoms. The van der Waals surface area contributed by atoms with Crippen molar-refractivity contribution in [2.75, 3.05) is 47.5 Å². The zero-order chi connectivity index (χ0) is 46.0. The number of aryl methyl sites for hydroxylation is 2. The van der Waals surface area contributed by atoms with Crippen LogP contribution in [0.1, 0.15) is 171 Å². The fourth-order valence-corrected chi connectivity index (χ4v) is 8.59. The summed E-state index contributed by atoms with van der Waals surface area (Å²) >= 11 is 0. The van der Waals surface area contributed by atoms with Gasteiger partial charge in [0.2, 0.25) is 0 Å². The third-order valence-electron chi connectivity index (χ3n) is 11.9. The van der Waals surface area contributed by atoms with Gasteiger partial charge in [-0.15, -0.1) is 0 Å². The smallest absolute Gasteiger partial charge is 0.466 e. The van der Waals surface area contributed by atoms with Gasteiger partial charge in [0, 0.05) is 38.0 Å². The van der Waals surface area contributed by atoms with E-state index in [2.05, 4.69) is 27.7 Å². The molecule has 358 valence electrons. The molecule has 0 aromatic carbocycles.